The van der Waals surface area contributed by atoms with E-state index >= 15 is 0 Å². The lowest BCUT2D eigenvalue weighted by molar-refractivity contribution is 0.254. The van der Waals surface area contributed by atoms with Crippen molar-refractivity contribution in [1.29, 1.82) is 0 Å². The number of para-hydroxylation sites is 1. The first-order valence-corrected chi connectivity index (χ1v) is 14.6. The predicted octanol–water partition coefficient (Wildman–Crippen LogP) is 5.06. The van der Waals surface area contributed by atoms with Gasteiger partial charge in [0.2, 0.25) is 4.96 Å². The molecule has 0 N–H and O–H groups in total. The third-order valence-electron chi connectivity index (χ3n) is 7.25. The summed E-state index contributed by atoms with van der Waals surface area (Å²) in [7, 11) is 3.19. The summed E-state index contributed by atoms with van der Waals surface area (Å²) in [5.41, 5.74) is 5.32. The van der Waals surface area contributed by atoms with E-state index in [0.717, 1.165) is 45.8 Å². The van der Waals surface area contributed by atoms with Crippen molar-refractivity contribution >= 4 is 34.5 Å². The van der Waals surface area contributed by atoms with E-state index < -0.39 is 0 Å². The second kappa shape index (κ2) is 10.9. The van der Waals surface area contributed by atoms with Gasteiger partial charge >= 0.3 is 0 Å². The zero-order valence-electron chi connectivity index (χ0n) is 23.7. The molecule has 1 unspecified atom stereocenters. The normalized spacial score (nSPS) is 14.9. The highest BCUT2D eigenvalue weighted by Gasteiger charge is 2.21. The van der Waals surface area contributed by atoms with Crippen molar-refractivity contribution in [2.24, 2.45) is 0 Å². The number of fused-ring (bicyclic) bond motifs is 2. The molecule has 0 bridgehead atoms. The van der Waals surface area contributed by atoms with Crippen molar-refractivity contribution in [2.75, 3.05) is 14.2 Å². The Balaban J connectivity index is 1.26. The van der Waals surface area contributed by atoms with Gasteiger partial charge in [-0.25, -0.2) is 4.68 Å². The van der Waals surface area contributed by atoms with Gasteiger partial charge in [-0.3, -0.25) is 4.79 Å². The lowest BCUT2D eigenvalue weighted by Crippen LogP contribution is -2.23. The Kier molecular flexibility index (Phi) is 6.75. The maximum atomic E-state index is 13.4. The average Bonchev–Trinajstić information content (AvgIpc) is 3.79. The Morgan fingerprint density at radius 3 is 2.60 bits per heavy atom. The molecule has 6 aromatic rings. The number of aromatic nitrogens is 5. The van der Waals surface area contributed by atoms with Crippen LogP contribution in [0.2, 0.25) is 0 Å². The van der Waals surface area contributed by atoms with Crippen molar-refractivity contribution in [1.82, 2.24) is 24.4 Å². The van der Waals surface area contributed by atoms with Gasteiger partial charge in [0.05, 0.1) is 24.4 Å². The summed E-state index contributed by atoms with van der Waals surface area (Å²) in [5, 5.41) is 9.39. The lowest BCUT2D eigenvalue weighted by Gasteiger charge is -2.07. The number of thiazole rings is 1. The average molecular weight is 590 g/mol. The molecule has 214 valence electrons. The Morgan fingerprint density at radius 1 is 0.977 bits per heavy atom. The Labute approximate surface area is 250 Å². The number of nitrogens with zero attached hydrogens (tertiary/aromatic N) is 5. The van der Waals surface area contributed by atoms with Crippen LogP contribution in [0.1, 0.15) is 29.4 Å². The summed E-state index contributed by atoms with van der Waals surface area (Å²) in [5.74, 6) is 2.63. The first-order chi connectivity index (χ1) is 21.0. The maximum Gasteiger partial charge on any atom is 0.291 e. The van der Waals surface area contributed by atoms with E-state index in [1.165, 1.54) is 15.9 Å². The van der Waals surface area contributed by atoms with Gasteiger partial charge in [0.15, 0.2) is 17.3 Å². The first kappa shape index (κ1) is 26.7. The fraction of sp³-hybridized carbons (Fsp3) is 0.152. The van der Waals surface area contributed by atoms with Gasteiger partial charge in [-0.1, -0.05) is 41.7 Å². The Hall–Kier alpha value is -5.22. The standard InChI is InChI=1S/C33H27N5O4S/c1-20-15-23-17-22(11-13-26(23)42-20)31-24(19-37(36-31)25-7-5-4-6-8-25)18-29-32(39)38-33(43-29)34-30(35-38)14-10-21-9-12-27(40-2)28(16-21)41-3/h4-14,16-20H,15H2,1-3H3/b14-10+,29-18-. The largest absolute Gasteiger partial charge is 0.493 e. The minimum Gasteiger partial charge on any atom is -0.493 e. The molecule has 1 aliphatic heterocycles. The third-order valence-corrected chi connectivity index (χ3v) is 8.21. The number of hydrogen-bond donors (Lipinski definition) is 0. The maximum absolute atomic E-state index is 13.4. The SMILES string of the molecule is COc1ccc(/C=C/c2nc3s/c(=C\c4cn(-c5ccccc5)nc4-c4ccc5c(c4)CC(C)O5)c(=O)n3n2)cc1OC. The zero-order valence-corrected chi connectivity index (χ0v) is 24.5. The highest BCUT2D eigenvalue weighted by Crippen LogP contribution is 2.34. The number of rotatable bonds is 7. The third kappa shape index (κ3) is 5.06. The Morgan fingerprint density at radius 2 is 1.81 bits per heavy atom. The Bertz CT molecular complexity index is 2110. The van der Waals surface area contributed by atoms with Crippen LogP contribution in [-0.4, -0.2) is 44.7 Å². The van der Waals surface area contributed by atoms with E-state index in [9.17, 15) is 4.79 Å². The van der Waals surface area contributed by atoms with E-state index in [1.54, 1.807) is 20.3 Å². The monoisotopic (exact) mass is 589 g/mol. The highest BCUT2D eigenvalue weighted by atomic mass is 32.1. The van der Waals surface area contributed by atoms with E-state index in [0.29, 0.717) is 26.8 Å². The van der Waals surface area contributed by atoms with Crippen molar-refractivity contribution < 1.29 is 14.2 Å². The number of hydrogen-bond acceptors (Lipinski definition) is 8. The van der Waals surface area contributed by atoms with E-state index in [1.807, 2.05) is 83.7 Å². The molecular formula is C33H27N5O4S. The topological polar surface area (TPSA) is 92.8 Å². The van der Waals surface area contributed by atoms with Crippen LogP contribution in [0, 0.1) is 0 Å². The van der Waals surface area contributed by atoms with Crippen LogP contribution in [0.25, 0.3) is 40.1 Å². The van der Waals surface area contributed by atoms with Gasteiger partial charge in [0.25, 0.3) is 5.56 Å². The van der Waals surface area contributed by atoms with E-state index in [4.69, 9.17) is 19.3 Å². The molecule has 0 aliphatic carbocycles. The van der Waals surface area contributed by atoms with Crippen LogP contribution in [0.5, 0.6) is 17.2 Å². The van der Waals surface area contributed by atoms with Gasteiger partial charge < -0.3 is 14.2 Å². The van der Waals surface area contributed by atoms with E-state index in [2.05, 4.69) is 23.1 Å². The van der Waals surface area contributed by atoms with Crippen molar-refractivity contribution in [3.05, 3.63) is 110 Å². The number of methoxy groups -OCH3 is 2. The minimum atomic E-state index is -0.229. The fourth-order valence-corrected chi connectivity index (χ4v) is 6.09. The molecule has 0 fully saturated rings. The highest BCUT2D eigenvalue weighted by molar-refractivity contribution is 7.15. The molecule has 7 rings (SSSR count). The summed E-state index contributed by atoms with van der Waals surface area (Å²) in [6.45, 7) is 2.07. The molecule has 0 saturated heterocycles. The van der Waals surface area contributed by atoms with Crippen molar-refractivity contribution in [3.8, 4) is 34.2 Å². The molecule has 4 heterocycles. The molecule has 3 aromatic carbocycles. The molecule has 0 radical (unpaired) electrons. The zero-order chi connectivity index (χ0) is 29.5. The summed E-state index contributed by atoms with van der Waals surface area (Å²) in [6, 6.07) is 21.7. The van der Waals surface area contributed by atoms with Crippen molar-refractivity contribution in [2.45, 2.75) is 19.4 Å². The van der Waals surface area contributed by atoms with Crippen LogP contribution in [0.15, 0.2) is 77.7 Å². The molecule has 3 aromatic heterocycles. The van der Waals surface area contributed by atoms with Crippen LogP contribution in [-0.2, 0) is 6.42 Å². The molecule has 10 heteroatoms. The van der Waals surface area contributed by atoms with Gasteiger partial charge in [-0.2, -0.15) is 14.6 Å². The molecule has 0 saturated carbocycles. The molecule has 1 aliphatic rings. The van der Waals surface area contributed by atoms with Crippen LogP contribution in [0.3, 0.4) is 0 Å². The molecule has 9 nitrogen and oxygen atoms in total. The van der Waals surface area contributed by atoms with Crippen LogP contribution < -0.4 is 24.3 Å². The van der Waals surface area contributed by atoms with Gasteiger partial charge in [0, 0.05) is 23.7 Å². The number of benzene rings is 3. The summed E-state index contributed by atoms with van der Waals surface area (Å²) in [6.07, 6.45) is 8.45. The smallest absolute Gasteiger partial charge is 0.291 e. The molecular weight excluding hydrogens is 562 g/mol. The quantitative estimate of drug-likeness (QED) is 0.257. The summed E-state index contributed by atoms with van der Waals surface area (Å²) in [4.78, 5) is 18.5. The minimum absolute atomic E-state index is 0.148. The van der Waals surface area contributed by atoms with Gasteiger partial charge in [-0.05, 0) is 72.7 Å². The number of ether oxygens (including phenoxy) is 3. The first-order valence-electron chi connectivity index (χ1n) is 13.8. The van der Waals surface area contributed by atoms with Crippen LogP contribution in [0.4, 0.5) is 0 Å². The van der Waals surface area contributed by atoms with Crippen LogP contribution >= 0.6 is 11.3 Å². The van der Waals surface area contributed by atoms with Crippen molar-refractivity contribution in [3.63, 3.8) is 0 Å². The second-order valence-electron chi connectivity index (χ2n) is 10.2. The predicted molar refractivity (Wildman–Crippen MR) is 167 cm³/mol. The summed E-state index contributed by atoms with van der Waals surface area (Å²) >= 11 is 1.30. The fourth-order valence-electron chi connectivity index (χ4n) is 5.19. The van der Waals surface area contributed by atoms with Gasteiger partial charge in [-0.15, -0.1) is 5.10 Å². The lowest BCUT2D eigenvalue weighted by atomic mass is 10.0. The summed E-state index contributed by atoms with van der Waals surface area (Å²) < 4.78 is 20.3. The van der Waals surface area contributed by atoms with Gasteiger partial charge in [0.1, 0.15) is 17.5 Å². The second-order valence-corrected chi connectivity index (χ2v) is 11.2. The molecule has 43 heavy (non-hydrogen) atoms. The molecule has 1 atom stereocenters. The molecule has 0 spiro atoms. The van der Waals surface area contributed by atoms with E-state index in [-0.39, 0.29) is 11.7 Å². The molecule has 0 amide bonds.